The van der Waals surface area contributed by atoms with Crippen molar-refractivity contribution in [3.05, 3.63) is 47.4 Å². The van der Waals surface area contributed by atoms with E-state index < -0.39 is 11.3 Å². The number of aryl methyl sites for hydroxylation is 1. The zero-order valence-electron chi connectivity index (χ0n) is 9.54. The van der Waals surface area contributed by atoms with Crippen LogP contribution < -0.4 is 5.14 Å². The van der Waals surface area contributed by atoms with E-state index >= 15 is 0 Å². The molecule has 18 heavy (non-hydrogen) atoms. The number of nitrogens with zero attached hydrogens (tertiary/aromatic N) is 2. The first-order chi connectivity index (χ1) is 8.50. The van der Waals surface area contributed by atoms with E-state index in [0.29, 0.717) is 5.15 Å². The van der Waals surface area contributed by atoms with Gasteiger partial charge in [0.15, 0.2) is 0 Å². The molecule has 1 aromatic heterocycles. The molecule has 0 spiro atoms. The number of hydrogen-bond acceptors (Lipinski definition) is 4. The van der Waals surface area contributed by atoms with E-state index in [1.165, 1.54) is 11.8 Å². The zero-order chi connectivity index (χ0) is 13.5. The van der Waals surface area contributed by atoms with Gasteiger partial charge in [-0.1, -0.05) is 35.9 Å². The smallest absolute Gasteiger partial charge is 0.148 e. The summed E-state index contributed by atoms with van der Waals surface area (Å²) in [6.45, 7) is 2.04. The second kappa shape index (κ2) is 7.17. The quantitative estimate of drug-likeness (QED) is 0.809. The number of hydrogen-bond donors (Lipinski definition) is 1. The Kier molecular flexibility index (Phi) is 5.87. The molecule has 0 aliphatic carbocycles. The fraction of sp³-hybridized carbons (Fsp3) is 0.0909. The van der Waals surface area contributed by atoms with Crippen LogP contribution in [-0.4, -0.2) is 18.7 Å². The highest BCUT2D eigenvalue weighted by Gasteiger charge is 2.02. The first kappa shape index (κ1) is 14.7. The third kappa shape index (κ3) is 4.89. The molecule has 0 saturated carbocycles. The van der Waals surface area contributed by atoms with Crippen LogP contribution in [0.3, 0.4) is 0 Å². The molecule has 1 atom stereocenters. The van der Waals surface area contributed by atoms with Crippen molar-refractivity contribution in [3.63, 3.8) is 0 Å². The van der Waals surface area contributed by atoms with Crippen LogP contribution in [0.25, 0.3) is 11.3 Å². The van der Waals surface area contributed by atoms with Crippen LogP contribution >= 0.6 is 11.6 Å². The monoisotopic (exact) mass is 284 g/mol. The van der Waals surface area contributed by atoms with Gasteiger partial charge in [-0.25, -0.2) is 4.98 Å². The normalized spacial score (nSPS) is 11.3. The lowest BCUT2D eigenvalue weighted by Gasteiger charge is -2.03. The SMILES string of the molecule is Cc1ccccc1-c1cncc(Cl)n1.NS(=O)[O-]. The molecule has 0 radical (unpaired) electrons. The maximum absolute atomic E-state index is 8.78. The Balaban J connectivity index is 0.000000357. The lowest BCUT2D eigenvalue weighted by molar-refractivity contribution is 0.539. The van der Waals surface area contributed by atoms with E-state index in [-0.39, 0.29) is 0 Å². The third-order valence-corrected chi connectivity index (χ3v) is 2.21. The van der Waals surface area contributed by atoms with Crippen molar-refractivity contribution in [2.75, 3.05) is 0 Å². The summed E-state index contributed by atoms with van der Waals surface area (Å²) in [5, 5.41) is 4.45. The number of nitrogens with two attached hydrogens (primary N) is 1. The van der Waals surface area contributed by atoms with E-state index in [1.807, 2.05) is 31.2 Å². The summed E-state index contributed by atoms with van der Waals surface area (Å²) in [7, 11) is 0. The molecular weight excluding hydrogens is 274 g/mol. The number of aromatic nitrogens is 2. The Labute approximate surface area is 112 Å². The van der Waals surface area contributed by atoms with Gasteiger partial charge in [-0.2, -0.15) is 0 Å². The van der Waals surface area contributed by atoms with Crippen LogP contribution in [0.1, 0.15) is 5.56 Å². The van der Waals surface area contributed by atoms with Crippen molar-refractivity contribution < 1.29 is 8.76 Å². The maximum Gasteiger partial charge on any atom is 0.148 e. The molecule has 7 heteroatoms. The second-order valence-electron chi connectivity index (χ2n) is 3.30. The van der Waals surface area contributed by atoms with Gasteiger partial charge in [0.2, 0.25) is 0 Å². The Morgan fingerprint density at radius 1 is 1.33 bits per heavy atom. The first-order valence-electron chi connectivity index (χ1n) is 4.88. The Bertz CT molecular complexity index is 547. The van der Waals surface area contributed by atoms with Crippen LogP contribution in [0.15, 0.2) is 36.7 Å². The van der Waals surface area contributed by atoms with E-state index in [1.54, 1.807) is 6.20 Å². The molecular formula is C11H11ClN3O2S-. The molecule has 2 N–H and O–H groups in total. The molecule has 1 aromatic carbocycles. The minimum atomic E-state index is -2.36. The lowest BCUT2D eigenvalue weighted by Crippen LogP contribution is -1.97. The Morgan fingerprint density at radius 3 is 2.50 bits per heavy atom. The van der Waals surface area contributed by atoms with Gasteiger partial charge in [-0.05, 0) is 12.5 Å². The highest BCUT2D eigenvalue weighted by molar-refractivity contribution is 7.76. The predicted molar refractivity (Wildman–Crippen MR) is 70.3 cm³/mol. The fourth-order valence-corrected chi connectivity index (χ4v) is 1.48. The van der Waals surface area contributed by atoms with Gasteiger partial charge in [-0.3, -0.25) is 14.3 Å². The average molecular weight is 285 g/mol. The van der Waals surface area contributed by atoms with E-state index in [2.05, 4.69) is 15.1 Å². The maximum atomic E-state index is 8.78. The highest BCUT2D eigenvalue weighted by Crippen LogP contribution is 2.20. The van der Waals surface area contributed by atoms with Gasteiger partial charge in [0, 0.05) is 16.8 Å². The predicted octanol–water partition coefficient (Wildman–Crippen LogP) is 1.84. The molecule has 0 fully saturated rings. The van der Waals surface area contributed by atoms with Gasteiger partial charge in [0.1, 0.15) is 5.15 Å². The van der Waals surface area contributed by atoms with Crippen molar-refractivity contribution in [2.45, 2.75) is 6.92 Å². The van der Waals surface area contributed by atoms with Crippen LogP contribution in [0.5, 0.6) is 0 Å². The molecule has 0 aliphatic rings. The number of benzene rings is 1. The number of halogens is 1. The van der Waals surface area contributed by atoms with Crippen LogP contribution in [-0.2, 0) is 11.3 Å². The molecule has 0 saturated heterocycles. The molecule has 2 rings (SSSR count). The second-order valence-corrected chi connectivity index (χ2v) is 4.21. The van der Waals surface area contributed by atoms with Gasteiger partial charge in [0.05, 0.1) is 18.1 Å². The van der Waals surface area contributed by atoms with Crippen molar-refractivity contribution in [1.29, 1.82) is 0 Å². The van der Waals surface area contributed by atoms with Gasteiger partial charge in [0.25, 0.3) is 0 Å². The summed E-state index contributed by atoms with van der Waals surface area (Å²) in [4.78, 5) is 8.21. The summed E-state index contributed by atoms with van der Waals surface area (Å²) in [5.74, 6) is 0. The molecule has 1 heterocycles. The highest BCUT2D eigenvalue weighted by atomic mass is 35.5. The van der Waals surface area contributed by atoms with Crippen LogP contribution in [0, 0.1) is 6.92 Å². The summed E-state index contributed by atoms with van der Waals surface area (Å²) in [6, 6.07) is 8.02. The summed E-state index contributed by atoms with van der Waals surface area (Å²) in [6.07, 6.45) is 3.25. The fourth-order valence-electron chi connectivity index (χ4n) is 1.33. The molecule has 5 nitrogen and oxygen atoms in total. The molecule has 0 bridgehead atoms. The van der Waals surface area contributed by atoms with Gasteiger partial charge >= 0.3 is 0 Å². The third-order valence-electron chi connectivity index (χ3n) is 2.03. The van der Waals surface area contributed by atoms with Gasteiger partial charge < -0.3 is 4.55 Å². The molecule has 96 valence electrons. The van der Waals surface area contributed by atoms with Crippen LogP contribution in [0.2, 0.25) is 5.15 Å². The minimum absolute atomic E-state index is 0.422. The van der Waals surface area contributed by atoms with Crippen molar-refractivity contribution in [2.24, 2.45) is 5.14 Å². The zero-order valence-corrected chi connectivity index (χ0v) is 11.1. The first-order valence-corrected chi connectivity index (χ1v) is 6.39. The van der Waals surface area contributed by atoms with E-state index in [9.17, 15) is 0 Å². The number of rotatable bonds is 1. The van der Waals surface area contributed by atoms with Crippen molar-refractivity contribution >= 4 is 22.9 Å². The minimum Gasteiger partial charge on any atom is -0.760 e. The lowest BCUT2D eigenvalue weighted by atomic mass is 10.1. The molecule has 0 aliphatic heterocycles. The van der Waals surface area contributed by atoms with E-state index in [0.717, 1.165) is 11.3 Å². The van der Waals surface area contributed by atoms with Crippen molar-refractivity contribution in [1.82, 2.24) is 9.97 Å². The van der Waals surface area contributed by atoms with Gasteiger partial charge in [-0.15, -0.1) is 0 Å². The Hall–Kier alpha value is -1.34. The average Bonchev–Trinajstić information content (AvgIpc) is 2.29. The molecule has 1 unspecified atom stereocenters. The topological polar surface area (TPSA) is 91.9 Å². The van der Waals surface area contributed by atoms with Crippen LogP contribution in [0.4, 0.5) is 0 Å². The molecule has 2 aromatic rings. The van der Waals surface area contributed by atoms with Crippen molar-refractivity contribution in [3.8, 4) is 11.3 Å². The summed E-state index contributed by atoms with van der Waals surface area (Å²) in [5.41, 5.74) is 3.06. The Morgan fingerprint density at radius 2 is 1.94 bits per heavy atom. The summed E-state index contributed by atoms with van der Waals surface area (Å²) < 4.78 is 17.6. The standard InChI is InChI=1S/C11H9ClN2.H3NO2S/c1-8-4-2-3-5-9(8)10-6-13-7-11(12)14-10;1-4(2)3/h2-7H,1H3;1H2,(H,2,3)/p-1. The van der Waals surface area contributed by atoms with E-state index in [4.69, 9.17) is 20.4 Å². The molecule has 0 amide bonds. The largest absolute Gasteiger partial charge is 0.760 e. The summed E-state index contributed by atoms with van der Waals surface area (Å²) >= 11 is 3.41.